The molecule has 0 radical (unpaired) electrons. The first-order valence-corrected chi connectivity index (χ1v) is 5.29. The van der Waals surface area contributed by atoms with Crippen molar-refractivity contribution >= 4 is 23.7 Å². The van der Waals surface area contributed by atoms with Crippen molar-refractivity contribution in [3.05, 3.63) is 25.3 Å². The smallest absolute Gasteiger partial charge is 0.323 e. The minimum Gasteiger partial charge on any atom is -0.481 e. The summed E-state index contributed by atoms with van der Waals surface area (Å²) in [4.78, 5) is 22.1. The molecule has 5 heteroatoms. The molecule has 0 spiro atoms. The topological polar surface area (TPSA) is 74.6 Å². The van der Waals surface area contributed by atoms with Crippen LogP contribution in [0.1, 0.15) is 6.42 Å². The maximum absolute atomic E-state index is 11.1. The summed E-state index contributed by atoms with van der Waals surface area (Å²) >= 11 is 1.09. The summed E-state index contributed by atoms with van der Waals surface area (Å²) in [6, 6.07) is 0. The molecule has 1 rings (SSSR count). The average Bonchev–Trinajstić information content (AvgIpc) is 2.59. The van der Waals surface area contributed by atoms with Crippen LogP contribution in [0.2, 0.25) is 0 Å². The standard InChI is InChI=1S/C10H12O4S/c1-3-9(7(11)12)5-10(4-2,8(13)14)15-6-9/h3-4H,1-2,5-6H2,(H,11,12)(H,13,14)/t9-,10-/m1/s1. The molecule has 2 atom stereocenters. The maximum Gasteiger partial charge on any atom is 0.323 e. The molecule has 0 saturated carbocycles. The molecule has 1 fully saturated rings. The van der Waals surface area contributed by atoms with Crippen LogP contribution >= 0.6 is 11.8 Å². The van der Waals surface area contributed by atoms with Gasteiger partial charge in [0.2, 0.25) is 0 Å². The lowest BCUT2D eigenvalue weighted by Gasteiger charge is -2.22. The van der Waals surface area contributed by atoms with E-state index >= 15 is 0 Å². The molecular formula is C10H12O4S. The van der Waals surface area contributed by atoms with Crippen molar-refractivity contribution in [1.29, 1.82) is 0 Å². The first kappa shape index (κ1) is 11.8. The van der Waals surface area contributed by atoms with Crippen LogP contribution in [0.5, 0.6) is 0 Å². The highest BCUT2D eigenvalue weighted by atomic mass is 32.2. The van der Waals surface area contributed by atoms with Gasteiger partial charge < -0.3 is 10.2 Å². The molecule has 1 heterocycles. The minimum atomic E-state index is -1.20. The molecular weight excluding hydrogens is 216 g/mol. The van der Waals surface area contributed by atoms with Gasteiger partial charge in [0.05, 0.1) is 5.41 Å². The van der Waals surface area contributed by atoms with E-state index in [4.69, 9.17) is 10.2 Å². The van der Waals surface area contributed by atoms with E-state index in [1.165, 1.54) is 12.2 Å². The SMILES string of the molecule is C=C[C@]1(C(=O)O)CS[C@@](C=C)(C(=O)O)C1. The van der Waals surface area contributed by atoms with Crippen molar-refractivity contribution < 1.29 is 19.8 Å². The van der Waals surface area contributed by atoms with Gasteiger partial charge in [0.25, 0.3) is 0 Å². The van der Waals surface area contributed by atoms with Crippen LogP contribution in [0.15, 0.2) is 25.3 Å². The second-order valence-corrected chi connectivity index (χ2v) is 4.84. The second-order valence-electron chi connectivity index (χ2n) is 3.53. The van der Waals surface area contributed by atoms with Crippen LogP contribution in [-0.2, 0) is 9.59 Å². The third-order valence-corrected chi connectivity index (χ3v) is 4.33. The van der Waals surface area contributed by atoms with Crippen molar-refractivity contribution in [3.63, 3.8) is 0 Å². The largest absolute Gasteiger partial charge is 0.481 e. The molecule has 15 heavy (non-hydrogen) atoms. The Balaban J connectivity index is 3.07. The van der Waals surface area contributed by atoms with Crippen LogP contribution in [0.3, 0.4) is 0 Å². The van der Waals surface area contributed by atoms with Gasteiger partial charge >= 0.3 is 11.9 Å². The van der Waals surface area contributed by atoms with E-state index in [9.17, 15) is 9.59 Å². The number of hydrogen-bond donors (Lipinski definition) is 2. The molecule has 2 N–H and O–H groups in total. The Bertz CT molecular complexity index is 306. The number of hydrogen-bond acceptors (Lipinski definition) is 3. The molecule has 0 aromatic rings. The Kier molecular flexibility index (Phi) is 2.95. The summed E-state index contributed by atoms with van der Waals surface area (Å²) in [5.41, 5.74) is -1.16. The summed E-state index contributed by atoms with van der Waals surface area (Å²) < 4.78 is -1.20. The molecule has 0 bridgehead atoms. The van der Waals surface area contributed by atoms with Gasteiger partial charge in [0.15, 0.2) is 0 Å². The van der Waals surface area contributed by atoms with Crippen LogP contribution < -0.4 is 0 Å². The molecule has 0 aliphatic carbocycles. The van der Waals surface area contributed by atoms with Crippen LogP contribution in [0.25, 0.3) is 0 Å². The zero-order valence-electron chi connectivity index (χ0n) is 8.10. The number of thioether (sulfide) groups is 1. The molecule has 1 aliphatic heterocycles. The highest BCUT2D eigenvalue weighted by molar-refractivity contribution is 8.01. The Morgan fingerprint density at radius 1 is 1.20 bits per heavy atom. The Morgan fingerprint density at radius 3 is 2.00 bits per heavy atom. The highest BCUT2D eigenvalue weighted by Crippen LogP contribution is 2.50. The summed E-state index contributed by atoms with van der Waals surface area (Å²) in [5.74, 6) is -1.87. The van der Waals surface area contributed by atoms with Crippen molar-refractivity contribution in [1.82, 2.24) is 0 Å². The van der Waals surface area contributed by atoms with Crippen molar-refractivity contribution in [3.8, 4) is 0 Å². The van der Waals surface area contributed by atoms with Crippen LogP contribution in [0.4, 0.5) is 0 Å². The first-order valence-electron chi connectivity index (χ1n) is 4.30. The number of carboxylic acids is 2. The summed E-state index contributed by atoms with van der Waals surface area (Å²) in [5, 5.41) is 18.1. The average molecular weight is 228 g/mol. The highest BCUT2D eigenvalue weighted by Gasteiger charge is 2.54. The lowest BCUT2D eigenvalue weighted by Crippen LogP contribution is -2.35. The van der Waals surface area contributed by atoms with E-state index < -0.39 is 22.1 Å². The molecule has 1 saturated heterocycles. The molecule has 0 aromatic carbocycles. The molecule has 0 amide bonds. The van der Waals surface area contributed by atoms with E-state index in [0.29, 0.717) is 0 Å². The molecule has 4 nitrogen and oxygen atoms in total. The fourth-order valence-corrected chi connectivity index (χ4v) is 3.00. The fourth-order valence-electron chi connectivity index (χ4n) is 1.54. The van der Waals surface area contributed by atoms with E-state index in [0.717, 1.165) is 11.8 Å². The van der Waals surface area contributed by atoms with Crippen molar-refractivity contribution in [2.24, 2.45) is 5.41 Å². The Hall–Kier alpha value is -1.23. The monoisotopic (exact) mass is 228 g/mol. The van der Waals surface area contributed by atoms with Gasteiger partial charge in [-0.3, -0.25) is 9.59 Å². The third kappa shape index (κ3) is 1.67. The molecule has 0 aromatic heterocycles. The Labute approximate surface area is 91.7 Å². The van der Waals surface area contributed by atoms with Crippen molar-refractivity contribution in [2.75, 3.05) is 5.75 Å². The molecule has 0 unspecified atom stereocenters. The summed E-state index contributed by atoms with van der Waals surface area (Å²) in [6.45, 7) is 6.94. The van der Waals surface area contributed by atoms with E-state index in [2.05, 4.69) is 13.2 Å². The minimum absolute atomic E-state index is 0.00231. The lowest BCUT2D eigenvalue weighted by molar-refractivity contribution is -0.146. The van der Waals surface area contributed by atoms with Gasteiger partial charge in [-0.2, -0.15) is 0 Å². The predicted molar refractivity (Wildman–Crippen MR) is 57.9 cm³/mol. The van der Waals surface area contributed by atoms with Crippen LogP contribution in [0, 0.1) is 5.41 Å². The third-order valence-electron chi connectivity index (χ3n) is 2.67. The van der Waals surface area contributed by atoms with E-state index in [1.54, 1.807) is 0 Å². The maximum atomic E-state index is 11.1. The number of rotatable bonds is 4. The summed E-state index contributed by atoms with van der Waals surface area (Å²) in [7, 11) is 0. The Morgan fingerprint density at radius 2 is 1.80 bits per heavy atom. The number of carbonyl (C=O) groups is 2. The zero-order valence-corrected chi connectivity index (χ0v) is 8.92. The van der Waals surface area contributed by atoms with Gasteiger partial charge in [0, 0.05) is 5.75 Å². The first-order chi connectivity index (χ1) is 6.92. The van der Waals surface area contributed by atoms with E-state index in [1.807, 2.05) is 0 Å². The normalized spacial score (nSPS) is 34.7. The van der Waals surface area contributed by atoms with Gasteiger partial charge in [-0.05, 0) is 6.42 Å². The number of aliphatic carboxylic acids is 2. The predicted octanol–water partition coefficient (Wildman–Crippen LogP) is 1.39. The lowest BCUT2D eigenvalue weighted by atomic mass is 9.81. The summed E-state index contributed by atoms with van der Waals surface area (Å²) in [6.07, 6.45) is 2.62. The zero-order chi connectivity index (χ0) is 11.7. The van der Waals surface area contributed by atoms with Gasteiger partial charge in [-0.25, -0.2) is 0 Å². The quantitative estimate of drug-likeness (QED) is 0.711. The van der Waals surface area contributed by atoms with Gasteiger partial charge in [0.1, 0.15) is 4.75 Å². The van der Waals surface area contributed by atoms with Crippen LogP contribution in [-0.4, -0.2) is 32.7 Å². The van der Waals surface area contributed by atoms with Crippen molar-refractivity contribution in [2.45, 2.75) is 11.2 Å². The second kappa shape index (κ2) is 3.73. The molecule has 82 valence electrons. The van der Waals surface area contributed by atoms with Gasteiger partial charge in [-0.15, -0.1) is 24.9 Å². The number of carboxylic acid groups (broad SMARTS) is 2. The van der Waals surface area contributed by atoms with E-state index in [-0.39, 0.29) is 12.2 Å². The molecule has 1 aliphatic rings. The van der Waals surface area contributed by atoms with Gasteiger partial charge in [-0.1, -0.05) is 12.2 Å². The fraction of sp³-hybridized carbons (Fsp3) is 0.400.